The van der Waals surface area contributed by atoms with Crippen LogP contribution >= 0.6 is 11.6 Å². The number of aryl methyl sites for hydroxylation is 2. The normalized spacial score (nSPS) is 11.9. The second-order valence-corrected chi connectivity index (χ2v) is 6.74. The third kappa shape index (κ3) is 4.06. The minimum atomic E-state index is -0.803. The van der Waals surface area contributed by atoms with Crippen LogP contribution in [0.2, 0.25) is 5.02 Å². The fourth-order valence-corrected chi connectivity index (χ4v) is 2.85. The predicted octanol–water partition coefficient (Wildman–Crippen LogP) is 3.78. The van der Waals surface area contributed by atoms with Crippen LogP contribution in [0.3, 0.4) is 0 Å². The molecule has 6 nitrogen and oxygen atoms in total. The summed E-state index contributed by atoms with van der Waals surface area (Å²) in [5, 5.41) is 7.60. The molecule has 0 saturated carbocycles. The number of carbonyl (C=O) groups is 1. The lowest BCUT2D eigenvalue weighted by Gasteiger charge is -2.16. The van der Waals surface area contributed by atoms with Crippen molar-refractivity contribution in [3.8, 4) is 11.3 Å². The highest BCUT2D eigenvalue weighted by molar-refractivity contribution is 6.30. The van der Waals surface area contributed by atoms with Crippen LogP contribution < -0.4 is 11.0 Å². The van der Waals surface area contributed by atoms with Crippen LogP contribution in [0.25, 0.3) is 11.3 Å². The number of anilines is 1. The second-order valence-electron chi connectivity index (χ2n) is 6.31. The number of benzene rings is 2. The first-order valence-corrected chi connectivity index (χ1v) is 8.83. The van der Waals surface area contributed by atoms with Crippen molar-refractivity contribution in [2.24, 2.45) is 0 Å². The van der Waals surface area contributed by atoms with Crippen LogP contribution in [0.15, 0.2) is 53.5 Å². The van der Waals surface area contributed by atoms with E-state index in [1.54, 1.807) is 31.2 Å². The summed E-state index contributed by atoms with van der Waals surface area (Å²) in [5.74, 6) is -0.331. The Labute approximate surface area is 161 Å². The van der Waals surface area contributed by atoms with E-state index in [1.807, 2.05) is 32.0 Å². The Morgan fingerprint density at radius 3 is 2.33 bits per heavy atom. The SMILES string of the molecule is Cc1cccc(C)c1NC(=O)[C@H](C)n1ncc(-c2ccc(Cl)cc2)nc1=O. The Morgan fingerprint density at radius 1 is 1.11 bits per heavy atom. The van der Waals surface area contributed by atoms with Gasteiger partial charge in [-0.15, -0.1) is 0 Å². The van der Waals surface area contributed by atoms with E-state index in [2.05, 4.69) is 15.4 Å². The highest BCUT2D eigenvalue weighted by Gasteiger charge is 2.19. The second kappa shape index (κ2) is 7.72. The van der Waals surface area contributed by atoms with Crippen LogP contribution in [0, 0.1) is 13.8 Å². The number of nitrogens with one attached hydrogen (secondary N) is 1. The molecule has 0 fully saturated rings. The average molecular weight is 383 g/mol. The van der Waals surface area contributed by atoms with Gasteiger partial charge in [0.25, 0.3) is 0 Å². The van der Waals surface area contributed by atoms with Crippen LogP contribution in [-0.4, -0.2) is 20.7 Å². The molecule has 7 heteroatoms. The number of nitrogens with zero attached hydrogens (tertiary/aromatic N) is 3. The lowest BCUT2D eigenvalue weighted by Crippen LogP contribution is -2.35. The number of halogens is 1. The summed E-state index contributed by atoms with van der Waals surface area (Å²) in [4.78, 5) is 29.0. The Kier molecular flexibility index (Phi) is 5.37. The molecule has 27 heavy (non-hydrogen) atoms. The fourth-order valence-electron chi connectivity index (χ4n) is 2.73. The number of carbonyl (C=O) groups excluding carboxylic acids is 1. The van der Waals surface area contributed by atoms with Gasteiger partial charge in [0, 0.05) is 16.3 Å². The van der Waals surface area contributed by atoms with Crippen molar-refractivity contribution >= 4 is 23.2 Å². The van der Waals surface area contributed by atoms with Crippen LogP contribution in [0.1, 0.15) is 24.1 Å². The molecular weight excluding hydrogens is 364 g/mol. The smallest absolute Gasteiger partial charge is 0.324 e. The summed E-state index contributed by atoms with van der Waals surface area (Å²) in [6.45, 7) is 5.45. The van der Waals surface area contributed by atoms with Crippen LogP contribution in [0.4, 0.5) is 5.69 Å². The van der Waals surface area contributed by atoms with Gasteiger partial charge in [0.1, 0.15) is 6.04 Å². The molecule has 0 aliphatic carbocycles. The van der Waals surface area contributed by atoms with Crippen molar-refractivity contribution in [2.75, 3.05) is 5.32 Å². The van der Waals surface area contributed by atoms with Gasteiger partial charge in [-0.2, -0.15) is 10.1 Å². The van der Waals surface area contributed by atoms with Crippen molar-refractivity contribution in [1.29, 1.82) is 0 Å². The Bertz CT molecular complexity index is 1020. The Hall–Kier alpha value is -2.99. The van der Waals surface area contributed by atoms with E-state index >= 15 is 0 Å². The zero-order valence-electron chi connectivity index (χ0n) is 15.2. The standard InChI is InChI=1S/C20H19ClN4O2/c1-12-5-4-6-13(2)18(12)24-19(26)14(3)25-20(27)23-17(11-22-25)15-7-9-16(21)10-8-15/h4-11,14H,1-3H3,(H,24,26)/t14-/m0/s1. The average Bonchev–Trinajstić information content (AvgIpc) is 2.64. The van der Waals surface area contributed by atoms with Crippen molar-refractivity contribution in [1.82, 2.24) is 14.8 Å². The van der Waals surface area contributed by atoms with Crippen molar-refractivity contribution in [2.45, 2.75) is 26.8 Å². The summed E-state index contributed by atoms with van der Waals surface area (Å²) in [7, 11) is 0. The fraction of sp³-hybridized carbons (Fsp3) is 0.200. The predicted molar refractivity (Wildman–Crippen MR) is 106 cm³/mol. The zero-order chi connectivity index (χ0) is 19.6. The third-order valence-electron chi connectivity index (χ3n) is 4.33. The van der Waals surface area contributed by atoms with E-state index in [0.717, 1.165) is 27.1 Å². The van der Waals surface area contributed by atoms with Crippen LogP contribution in [0.5, 0.6) is 0 Å². The molecule has 1 amide bonds. The molecule has 0 unspecified atom stereocenters. The minimum absolute atomic E-state index is 0.331. The molecule has 0 spiro atoms. The molecule has 1 heterocycles. The molecule has 3 aromatic rings. The number of amides is 1. The highest BCUT2D eigenvalue weighted by atomic mass is 35.5. The molecule has 0 aliphatic rings. The van der Waals surface area contributed by atoms with Gasteiger partial charge in [-0.1, -0.05) is 41.9 Å². The quantitative estimate of drug-likeness (QED) is 0.745. The van der Waals surface area contributed by atoms with Gasteiger partial charge in [-0.05, 0) is 44.0 Å². The van der Waals surface area contributed by atoms with Gasteiger partial charge in [0.15, 0.2) is 0 Å². The molecule has 1 N–H and O–H groups in total. The molecule has 1 atom stereocenters. The van der Waals surface area contributed by atoms with Crippen molar-refractivity contribution < 1.29 is 4.79 Å². The van der Waals surface area contributed by atoms with Gasteiger partial charge >= 0.3 is 5.69 Å². The molecule has 2 aromatic carbocycles. The maximum absolute atomic E-state index is 12.6. The molecule has 1 aromatic heterocycles. The molecule has 138 valence electrons. The molecule has 0 radical (unpaired) electrons. The van der Waals surface area contributed by atoms with Crippen molar-refractivity contribution in [3.05, 3.63) is 75.3 Å². The zero-order valence-corrected chi connectivity index (χ0v) is 16.0. The number of para-hydroxylation sites is 1. The summed E-state index contributed by atoms with van der Waals surface area (Å²) in [6.07, 6.45) is 1.47. The molecule has 0 aliphatic heterocycles. The van der Waals surface area contributed by atoms with Gasteiger partial charge < -0.3 is 5.32 Å². The summed E-state index contributed by atoms with van der Waals surface area (Å²) < 4.78 is 1.07. The summed E-state index contributed by atoms with van der Waals surface area (Å²) >= 11 is 5.87. The first-order valence-electron chi connectivity index (χ1n) is 8.45. The maximum Gasteiger partial charge on any atom is 0.365 e. The van der Waals surface area contributed by atoms with Gasteiger partial charge in [0.05, 0.1) is 11.9 Å². The lowest BCUT2D eigenvalue weighted by atomic mass is 10.1. The topological polar surface area (TPSA) is 76.9 Å². The first-order chi connectivity index (χ1) is 12.9. The maximum atomic E-state index is 12.6. The van der Waals surface area contributed by atoms with E-state index < -0.39 is 11.7 Å². The van der Waals surface area contributed by atoms with Crippen LogP contribution in [-0.2, 0) is 4.79 Å². The van der Waals surface area contributed by atoms with Gasteiger partial charge in [-0.25, -0.2) is 9.48 Å². The number of rotatable bonds is 4. The lowest BCUT2D eigenvalue weighted by molar-refractivity contribution is -0.119. The van der Waals surface area contributed by atoms with E-state index in [1.165, 1.54) is 6.20 Å². The highest BCUT2D eigenvalue weighted by Crippen LogP contribution is 2.21. The Balaban J connectivity index is 1.84. The number of hydrogen-bond acceptors (Lipinski definition) is 4. The third-order valence-corrected chi connectivity index (χ3v) is 4.58. The first kappa shape index (κ1) is 18.8. The largest absolute Gasteiger partial charge is 0.365 e. The number of aromatic nitrogens is 3. The monoisotopic (exact) mass is 382 g/mol. The molecule has 3 rings (SSSR count). The minimum Gasteiger partial charge on any atom is -0.324 e. The van der Waals surface area contributed by atoms with Crippen molar-refractivity contribution in [3.63, 3.8) is 0 Å². The van der Waals surface area contributed by atoms with E-state index in [0.29, 0.717) is 10.7 Å². The summed E-state index contributed by atoms with van der Waals surface area (Å²) in [5.41, 5.74) is 3.21. The molecular formula is C20H19ClN4O2. The van der Waals surface area contributed by atoms with E-state index in [-0.39, 0.29) is 5.91 Å². The summed E-state index contributed by atoms with van der Waals surface area (Å²) in [6, 6.07) is 11.9. The van der Waals surface area contributed by atoms with Gasteiger partial charge in [0.2, 0.25) is 5.91 Å². The molecule has 0 saturated heterocycles. The van der Waals surface area contributed by atoms with Gasteiger partial charge in [-0.3, -0.25) is 4.79 Å². The number of hydrogen-bond donors (Lipinski definition) is 1. The Morgan fingerprint density at radius 2 is 1.74 bits per heavy atom. The van der Waals surface area contributed by atoms with E-state index in [9.17, 15) is 9.59 Å². The van der Waals surface area contributed by atoms with E-state index in [4.69, 9.17) is 11.6 Å². The molecule has 0 bridgehead atoms.